The van der Waals surface area contributed by atoms with Gasteiger partial charge in [0.05, 0.1) is 0 Å². The zero-order valence-electron chi connectivity index (χ0n) is 6.67. The second kappa shape index (κ2) is 6.27. The van der Waals surface area contributed by atoms with E-state index in [4.69, 9.17) is 5.41 Å². The molecule has 1 unspecified atom stereocenters. The molecule has 0 fully saturated rings. The molecule has 1 atom stereocenters. The average Bonchev–Trinajstić information content (AvgIpc) is 1.98. The fourth-order valence-electron chi connectivity index (χ4n) is 0.551. The highest BCUT2D eigenvalue weighted by Crippen LogP contribution is 1.97. The maximum atomic E-state index is 6.91. The van der Waals surface area contributed by atoms with E-state index in [1.807, 2.05) is 32.1 Å². The SMILES string of the molecule is C/C=C\C=C/CC(C)C=N. The van der Waals surface area contributed by atoms with Gasteiger partial charge in [-0.2, -0.15) is 0 Å². The largest absolute Gasteiger partial charge is 0.313 e. The van der Waals surface area contributed by atoms with Crippen LogP contribution in [0, 0.1) is 11.3 Å². The Hall–Kier alpha value is -0.850. The third-order valence-electron chi connectivity index (χ3n) is 1.23. The van der Waals surface area contributed by atoms with Crippen LogP contribution in [0.3, 0.4) is 0 Å². The predicted molar refractivity (Wildman–Crippen MR) is 46.5 cm³/mol. The minimum atomic E-state index is 0.376. The molecule has 56 valence electrons. The molecule has 0 aromatic heterocycles. The van der Waals surface area contributed by atoms with Gasteiger partial charge in [0.1, 0.15) is 0 Å². The summed E-state index contributed by atoms with van der Waals surface area (Å²) < 4.78 is 0. The normalized spacial score (nSPS) is 14.6. The number of rotatable bonds is 4. The summed E-state index contributed by atoms with van der Waals surface area (Å²) in [6.07, 6.45) is 10.5. The predicted octanol–water partition coefficient (Wildman–Crippen LogP) is 2.79. The van der Waals surface area contributed by atoms with Crippen LogP contribution in [0.2, 0.25) is 0 Å². The fourth-order valence-corrected chi connectivity index (χ4v) is 0.551. The third kappa shape index (κ3) is 5.29. The van der Waals surface area contributed by atoms with Crippen molar-refractivity contribution < 1.29 is 0 Å². The molecule has 0 radical (unpaired) electrons. The topological polar surface area (TPSA) is 23.9 Å². The van der Waals surface area contributed by atoms with Crippen molar-refractivity contribution in [2.75, 3.05) is 0 Å². The smallest absolute Gasteiger partial charge is 0.00164 e. The molecule has 0 saturated heterocycles. The van der Waals surface area contributed by atoms with Crippen LogP contribution in [-0.4, -0.2) is 6.21 Å². The van der Waals surface area contributed by atoms with Gasteiger partial charge in [0.25, 0.3) is 0 Å². The van der Waals surface area contributed by atoms with E-state index in [2.05, 4.69) is 6.08 Å². The standard InChI is InChI=1S/C9H15N/c1-3-4-5-6-7-9(2)8-10/h3-6,8-10H,7H2,1-2H3/b4-3-,6-5-,10-8?. The van der Waals surface area contributed by atoms with Crippen molar-refractivity contribution in [1.82, 2.24) is 0 Å². The summed E-state index contributed by atoms with van der Waals surface area (Å²) in [5, 5.41) is 6.91. The summed E-state index contributed by atoms with van der Waals surface area (Å²) in [4.78, 5) is 0. The van der Waals surface area contributed by atoms with Crippen molar-refractivity contribution in [3.8, 4) is 0 Å². The highest BCUT2D eigenvalue weighted by Gasteiger charge is 1.89. The van der Waals surface area contributed by atoms with Crippen LogP contribution in [0.15, 0.2) is 24.3 Å². The quantitative estimate of drug-likeness (QED) is 0.455. The maximum Gasteiger partial charge on any atom is -0.00164 e. The molecular weight excluding hydrogens is 122 g/mol. The summed E-state index contributed by atoms with van der Waals surface area (Å²) in [7, 11) is 0. The van der Waals surface area contributed by atoms with Gasteiger partial charge in [-0.25, -0.2) is 0 Å². The molecule has 0 spiro atoms. The zero-order valence-corrected chi connectivity index (χ0v) is 6.67. The highest BCUT2D eigenvalue weighted by molar-refractivity contribution is 5.56. The van der Waals surface area contributed by atoms with Gasteiger partial charge in [0.15, 0.2) is 0 Å². The van der Waals surface area contributed by atoms with Crippen molar-refractivity contribution in [1.29, 1.82) is 5.41 Å². The van der Waals surface area contributed by atoms with Gasteiger partial charge in [0.2, 0.25) is 0 Å². The van der Waals surface area contributed by atoms with Crippen molar-refractivity contribution in [2.45, 2.75) is 20.3 Å². The van der Waals surface area contributed by atoms with Gasteiger partial charge in [0, 0.05) is 0 Å². The van der Waals surface area contributed by atoms with Crippen LogP contribution in [0.25, 0.3) is 0 Å². The fraction of sp³-hybridized carbons (Fsp3) is 0.444. The van der Waals surface area contributed by atoms with Crippen LogP contribution in [0.5, 0.6) is 0 Å². The molecule has 0 rings (SSSR count). The molecule has 10 heavy (non-hydrogen) atoms. The maximum absolute atomic E-state index is 6.91. The Kier molecular flexibility index (Phi) is 5.74. The van der Waals surface area contributed by atoms with Gasteiger partial charge < -0.3 is 5.41 Å². The minimum Gasteiger partial charge on any atom is -0.313 e. The van der Waals surface area contributed by atoms with E-state index in [1.54, 1.807) is 0 Å². The van der Waals surface area contributed by atoms with Crippen LogP contribution in [0.1, 0.15) is 20.3 Å². The molecule has 0 aliphatic carbocycles. The molecule has 0 saturated carbocycles. The second-order valence-corrected chi connectivity index (χ2v) is 2.33. The van der Waals surface area contributed by atoms with E-state index < -0.39 is 0 Å². The van der Waals surface area contributed by atoms with Crippen molar-refractivity contribution >= 4 is 6.21 Å². The molecule has 1 N–H and O–H groups in total. The Bertz CT molecular complexity index is 134. The molecule has 0 heterocycles. The molecule has 0 aromatic rings. The Morgan fingerprint density at radius 3 is 2.60 bits per heavy atom. The highest BCUT2D eigenvalue weighted by atomic mass is 14.3. The summed E-state index contributed by atoms with van der Waals surface area (Å²) in [5.74, 6) is 0.376. The lowest BCUT2D eigenvalue weighted by Crippen LogP contribution is -1.90. The average molecular weight is 137 g/mol. The number of allylic oxidation sites excluding steroid dienone is 4. The van der Waals surface area contributed by atoms with Gasteiger partial charge in [-0.3, -0.25) is 0 Å². The van der Waals surface area contributed by atoms with E-state index in [1.165, 1.54) is 6.21 Å². The Morgan fingerprint density at radius 2 is 2.10 bits per heavy atom. The van der Waals surface area contributed by atoms with Crippen molar-refractivity contribution in [3.05, 3.63) is 24.3 Å². The molecule has 0 aliphatic heterocycles. The lowest BCUT2D eigenvalue weighted by Gasteiger charge is -1.95. The molecule has 0 aliphatic rings. The first-order valence-electron chi connectivity index (χ1n) is 3.59. The molecular formula is C9H15N. The second-order valence-electron chi connectivity index (χ2n) is 2.33. The Balaban J connectivity index is 3.42. The third-order valence-corrected chi connectivity index (χ3v) is 1.23. The van der Waals surface area contributed by atoms with Crippen LogP contribution >= 0.6 is 0 Å². The molecule has 1 heteroatoms. The van der Waals surface area contributed by atoms with Gasteiger partial charge in [-0.05, 0) is 25.5 Å². The molecule has 0 amide bonds. The lowest BCUT2D eigenvalue weighted by molar-refractivity contribution is 0.804. The van der Waals surface area contributed by atoms with E-state index in [0.29, 0.717) is 5.92 Å². The van der Waals surface area contributed by atoms with Crippen LogP contribution in [0.4, 0.5) is 0 Å². The Labute approximate surface area is 63.0 Å². The molecule has 0 aromatic carbocycles. The first-order chi connectivity index (χ1) is 4.81. The summed E-state index contributed by atoms with van der Waals surface area (Å²) >= 11 is 0. The van der Waals surface area contributed by atoms with E-state index in [0.717, 1.165) is 6.42 Å². The first kappa shape index (κ1) is 9.15. The van der Waals surface area contributed by atoms with Crippen molar-refractivity contribution in [2.24, 2.45) is 5.92 Å². The van der Waals surface area contributed by atoms with E-state index in [9.17, 15) is 0 Å². The van der Waals surface area contributed by atoms with E-state index in [-0.39, 0.29) is 0 Å². The monoisotopic (exact) mass is 137 g/mol. The molecule has 1 nitrogen and oxygen atoms in total. The van der Waals surface area contributed by atoms with Crippen LogP contribution < -0.4 is 0 Å². The number of nitrogens with one attached hydrogen (secondary N) is 1. The van der Waals surface area contributed by atoms with Gasteiger partial charge in [-0.15, -0.1) is 0 Å². The van der Waals surface area contributed by atoms with E-state index >= 15 is 0 Å². The molecule has 0 bridgehead atoms. The van der Waals surface area contributed by atoms with Gasteiger partial charge >= 0.3 is 0 Å². The zero-order chi connectivity index (χ0) is 7.82. The first-order valence-corrected chi connectivity index (χ1v) is 3.59. The summed E-state index contributed by atoms with van der Waals surface area (Å²) in [6.45, 7) is 4.03. The number of hydrogen-bond acceptors (Lipinski definition) is 1. The van der Waals surface area contributed by atoms with Crippen molar-refractivity contribution in [3.63, 3.8) is 0 Å². The van der Waals surface area contributed by atoms with Gasteiger partial charge in [-0.1, -0.05) is 31.2 Å². The minimum absolute atomic E-state index is 0.376. The van der Waals surface area contributed by atoms with Crippen LogP contribution in [-0.2, 0) is 0 Å². The number of hydrogen-bond donors (Lipinski definition) is 1. The summed E-state index contributed by atoms with van der Waals surface area (Å²) in [5.41, 5.74) is 0. The summed E-state index contributed by atoms with van der Waals surface area (Å²) in [6, 6.07) is 0. The Morgan fingerprint density at radius 1 is 1.40 bits per heavy atom. The lowest BCUT2D eigenvalue weighted by atomic mass is 10.1.